The first-order chi connectivity index (χ1) is 14.3. The number of aliphatic hydroxyl groups is 1. The van der Waals surface area contributed by atoms with Crippen LogP contribution in [0.4, 0.5) is 9.80 Å². The number of carbonyl (C=O) groups is 2. The number of thiophene rings is 1. The van der Waals surface area contributed by atoms with Gasteiger partial charge in [0.05, 0.1) is 31.0 Å². The highest BCUT2D eigenvalue weighted by Crippen LogP contribution is 2.41. The normalized spacial score (nSPS) is 14.7. The predicted octanol–water partition coefficient (Wildman–Crippen LogP) is 3.80. The van der Waals surface area contributed by atoms with Crippen molar-refractivity contribution in [3.8, 4) is 0 Å². The Labute approximate surface area is 180 Å². The summed E-state index contributed by atoms with van der Waals surface area (Å²) < 4.78 is 11.1. The van der Waals surface area contributed by atoms with Crippen molar-refractivity contribution < 1.29 is 24.2 Å². The summed E-state index contributed by atoms with van der Waals surface area (Å²) in [6.07, 6.45) is 0.563. The summed E-state index contributed by atoms with van der Waals surface area (Å²) in [6, 6.07) is 9.18. The van der Waals surface area contributed by atoms with Crippen LogP contribution in [0, 0.1) is 0 Å². The van der Waals surface area contributed by atoms with Crippen molar-refractivity contribution in [2.45, 2.75) is 45.9 Å². The van der Waals surface area contributed by atoms with Crippen LogP contribution in [0.3, 0.4) is 0 Å². The van der Waals surface area contributed by atoms with E-state index in [1.165, 1.54) is 16.2 Å². The lowest BCUT2D eigenvalue weighted by Gasteiger charge is -2.30. The molecule has 2 N–H and O–H groups in total. The third-order valence-corrected chi connectivity index (χ3v) is 5.98. The molecule has 1 aliphatic heterocycles. The maximum atomic E-state index is 13.0. The number of rotatable bonds is 7. The molecule has 2 amide bonds. The van der Waals surface area contributed by atoms with E-state index in [0.717, 1.165) is 16.0 Å². The van der Waals surface area contributed by atoms with Crippen molar-refractivity contribution >= 4 is 28.3 Å². The van der Waals surface area contributed by atoms with Crippen molar-refractivity contribution in [1.82, 2.24) is 4.90 Å². The number of hydrogen-bond donors (Lipinski definition) is 2. The third kappa shape index (κ3) is 5.19. The van der Waals surface area contributed by atoms with E-state index in [-0.39, 0.29) is 25.8 Å². The molecule has 30 heavy (non-hydrogen) atoms. The minimum atomic E-state index is -0.445. The first kappa shape index (κ1) is 22.3. The molecule has 2 heterocycles. The second-order valence-corrected chi connectivity index (χ2v) is 8.82. The molecule has 0 fully saturated rings. The SMILES string of the molecule is CCOC(=O)c1c(NC(=O)N(CCO)Cc2ccccc2)sc2c1CC(C)(C)OC2. The lowest BCUT2D eigenvalue weighted by molar-refractivity contribution is -0.0384. The summed E-state index contributed by atoms with van der Waals surface area (Å²) in [4.78, 5) is 28.2. The quantitative estimate of drug-likeness (QED) is 0.650. The molecular formula is C22H28N2O5S. The van der Waals surface area contributed by atoms with Crippen molar-refractivity contribution in [3.63, 3.8) is 0 Å². The summed E-state index contributed by atoms with van der Waals surface area (Å²) in [5, 5.41) is 12.8. The number of amides is 2. The van der Waals surface area contributed by atoms with Gasteiger partial charge in [-0.25, -0.2) is 9.59 Å². The highest BCUT2D eigenvalue weighted by molar-refractivity contribution is 7.17. The smallest absolute Gasteiger partial charge is 0.341 e. The highest BCUT2D eigenvalue weighted by Gasteiger charge is 2.34. The van der Waals surface area contributed by atoms with E-state index in [1.54, 1.807) is 6.92 Å². The van der Waals surface area contributed by atoms with Crippen LogP contribution >= 0.6 is 11.3 Å². The molecule has 0 radical (unpaired) electrons. The van der Waals surface area contributed by atoms with Gasteiger partial charge in [-0.1, -0.05) is 30.3 Å². The van der Waals surface area contributed by atoms with Gasteiger partial charge in [0.2, 0.25) is 0 Å². The summed E-state index contributed by atoms with van der Waals surface area (Å²) in [5.41, 5.74) is 1.84. The fourth-order valence-electron chi connectivity index (χ4n) is 3.41. The summed E-state index contributed by atoms with van der Waals surface area (Å²) in [5.74, 6) is -0.445. The van der Waals surface area contributed by atoms with Gasteiger partial charge in [0.1, 0.15) is 5.00 Å². The van der Waals surface area contributed by atoms with Gasteiger partial charge in [0.25, 0.3) is 0 Å². The van der Waals surface area contributed by atoms with Crippen molar-refractivity contribution in [1.29, 1.82) is 0 Å². The summed E-state index contributed by atoms with van der Waals surface area (Å²) in [6.45, 7) is 6.72. The Kier molecular flexibility index (Phi) is 7.12. The predicted molar refractivity (Wildman–Crippen MR) is 116 cm³/mol. The third-order valence-electron chi connectivity index (χ3n) is 4.86. The number of esters is 1. The Balaban J connectivity index is 1.87. The van der Waals surface area contributed by atoms with Gasteiger partial charge in [-0.3, -0.25) is 5.32 Å². The van der Waals surface area contributed by atoms with E-state index in [4.69, 9.17) is 9.47 Å². The van der Waals surface area contributed by atoms with Gasteiger partial charge in [0.15, 0.2) is 0 Å². The van der Waals surface area contributed by atoms with Crippen LogP contribution in [-0.4, -0.2) is 47.4 Å². The van der Waals surface area contributed by atoms with Crippen molar-refractivity contribution in [2.75, 3.05) is 25.1 Å². The number of urea groups is 1. The number of nitrogens with zero attached hydrogens (tertiary/aromatic N) is 1. The summed E-state index contributed by atoms with van der Waals surface area (Å²) >= 11 is 1.34. The van der Waals surface area contributed by atoms with E-state index < -0.39 is 11.6 Å². The molecule has 0 atom stereocenters. The Morgan fingerprint density at radius 2 is 2.03 bits per heavy atom. The second kappa shape index (κ2) is 9.59. The number of aliphatic hydroxyl groups excluding tert-OH is 1. The van der Waals surface area contributed by atoms with E-state index >= 15 is 0 Å². The monoisotopic (exact) mass is 432 g/mol. The molecule has 1 aliphatic rings. The van der Waals surface area contributed by atoms with Gasteiger partial charge in [0, 0.05) is 24.4 Å². The zero-order valence-electron chi connectivity index (χ0n) is 17.6. The average molecular weight is 433 g/mol. The van der Waals surface area contributed by atoms with Crippen molar-refractivity contribution in [2.24, 2.45) is 0 Å². The minimum absolute atomic E-state index is 0.159. The highest BCUT2D eigenvalue weighted by atomic mass is 32.1. The topological polar surface area (TPSA) is 88.1 Å². The minimum Gasteiger partial charge on any atom is -0.462 e. The Hall–Kier alpha value is -2.42. The maximum absolute atomic E-state index is 13.0. The summed E-state index contributed by atoms with van der Waals surface area (Å²) in [7, 11) is 0. The molecule has 2 aromatic rings. The molecule has 1 aromatic heterocycles. The Morgan fingerprint density at radius 1 is 1.30 bits per heavy atom. The van der Waals surface area contributed by atoms with Gasteiger partial charge in [-0.2, -0.15) is 0 Å². The average Bonchev–Trinajstić information content (AvgIpc) is 3.04. The van der Waals surface area contributed by atoms with Crippen molar-refractivity contribution in [3.05, 3.63) is 51.9 Å². The largest absolute Gasteiger partial charge is 0.462 e. The molecule has 7 nitrogen and oxygen atoms in total. The van der Waals surface area contributed by atoms with E-state index in [9.17, 15) is 14.7 Å². The van der Waals surface area contributed by atoms with Crippen LogP contribution in [0.5, 0.6) is 0 Å². The van der Waals surface area contributed by atoms with Gasteiger partial charge < -0.3 is 19.5 Å². The maximum Gasteiger partial charge on any atom is 0.341 e. The molecule has 0 spiro atoms. The van der Waals surface area contributed by atoms with Crippen LogP contribution in [0.25, 0.3) is 0 Å². The number of nitrogens with one attached hydrogen (secondary N) is 1. The molecule has 0 bridgehead atoms. The molecule has 0 saturated heterocycles. The standard InChI is InChI=1S/C22H28N2O5S/c1-4-28-20(26)18-16-12-22(2,3)29-14-17(16)30-19(18)23-21(27)24(10-11-25)13-15-8-6-5-7-9-15/h5-9,25H,4,10-14H2,1-3H3,(H,23,27). The number of anilines is 1. The second-order valence-electron chi connectivity index (χ2n) is 7.71. The van der Waals surface area contributed by atoms with E-state index in [1.807, 2.05) is 44.2 Å². The first-order valence-corrected chi connectivity index (χ1v) is 10.8. The van der Waals surface area contributed by atoms with Gasteiger partial charge >= 0.3 is 12.0 Å². The van der Waals surface area contributed by atoms with Crippen LogP contribution in [0.15, 0.2) is 30.3 Å². The van der Waals surface area contributed by atoms with Crippen LogP contribution in [0.1, 0.15) is 47.1 Å². The Bertz CT molecular complexity index is 894. The zero-order valence-corrected chi connectivity index (χ0v) is 18.4. The lowest BCUT2D eigenvalue weighted by atomic mass is 9.93. The fourth-order valence-corrected chi connectivity index (χ4v) is 4.52. The number of benzene rings is 1. The van der Waals surface area contributed by atoms with Crippen LogP contribution < -0.4 is 5.32 Å². The molecule has 1 aromatic carbocycles. The number of ether oxygens (including phenoxy) is 2. The molecule has 0 saturated carbocycles. The first-order valence-electron chi connectivity index (χ1n) is 10.0. The zero-order chi connectivity index (χ0) is 21.7. The number of carbonyl (C=O) groups excluding carboxylic acids is 2. The lowest BCUT2D eigenvalue weighted by Crippen LogP contribution is -2.36. The molecule has 162 valence electrons. The van der Waals surface area contributed by atoms with E-state index in [2.05, 4.69) is 5.32 Å². The van der Waals surface area contributed by atoms with Gasteiger partial charge in [-0.05, 0) is 31.9 Å². The van der Waals surface area contributed by atoms with Crippen LogP contribution in [-0.2, 0) is 29.0 Å². The van der Waals surface area contributed by atoms with E-state index in [0.29, 0.717) is 30.1 Å². The molecular weight excluding hydrogens is 404 g/mol. The Morgan fingerprint density at radius 3 is 2.70 bits per heavy atom. The molecule has 3 rings (SSSR count). The number of fused-ring (bicyclic) bond motifs is 1. The van der Waals surface area contributed by atoms with Crippen LogP contribution in [0.2, 0.25) is 0 Å². The fraction of sp³-hybridized carbons (Fsp3) is 0.455. The number of hydrogen-bond acceptors (Lipinski definition) is 6. The molecule has 0 aliphatic carbocycles. The molecule has 8 heteroatoms. The molecule has 0 unspecified atom stereocenters. The van der Waals surface area contributed by atoms with Gasteiger partial charge in [-0.15, -0.1) is 11.3 Å².